The summed E-state index contributed by atoms with van der Waals surface area (Å²) >= 11 is 0. The standard InChI is InChI=1S/C21H29N3O3.HI/c1-22-21(23-13-12-17-10-6-14-26-17)24-15-16-7-5-11-19(25-2)20(16)27-18-8-3-4-9-18;/h5-7,10-11,14,18H,3-4,8-9,12-13,15H2,1-2H3,(H2,22,23,24);1H. The third kappa shape index (κ3) is 6.32. The third-order valence-electron chi connectivity index (χ3n) is 4.78. The molecule has 1 saturated carbocycles. The quantitative estimate of drug-likeness (QED) is 0.325. The summed E-state index contributed by atoms with van der Waals surface area (Å²) in [4.78, 5) is 4.29. The van der Waals surface area contributed by atoms with Crippen molar-refractivity contribution in [1.82, 2.24) is 10.6 Å². The van der Waals surface area contributed by atoms with Gasteiger partial charge in [-0.3, -0.25) is 4.99 Å². The molecule has 3 rings (SSSR count). The fraction of sp³-hybridized carbons (Fsp3) is 0.476. The lowest BCUT2D eigenvalue weighted by Gasteiger charge is -2.20. The summed E-state index contributed by atoms with van der Waals surface area (Å²) in [7, 11) is 3.45. The third-order valence-corrected chi connectivity index (χ3v) is 4.78. The molecule has 0 aliphatic heterocycles. The van der Waals surface area contributed by atoms with Gasteiger partial charge in [-0.15, -0.1) is 24.0 Å². The second kappa shape index (κ2) is 11.8. The first-order valence-electron chi connectivity index (χ1n) is 9.59. The van der Waals surface area contributed by atoms with Gasteiger partial charge < -0.3 is 24.5 Å². The van der Waals surface area contributed by atoms with Crippen LogP contribution in [0.1, 0.15) is 37.0 Å². The number of ether oxygens (including phenoxy) is 2. The number of rotatable bonds is 8. The highest BCUT2D eigenvalue weighted by Gasteiger charge is 2.20. The number of hydrogen-bond donors (Lipinski definition) is 2. The number of guanidine groups is 1. The average molecular weight is 499 g/mol. The Bertz CT molecular complexity index is 729. The van der Waals surface area contributed by atoms with E-state index in [0.29, 0.717) is 6.54 Å². The van der Waals surface area contributed by atoms with E-state index in [1.54, 1.807) is 20.4 Å². The zero-order valence-electron chi connectivity index (χ0n) is 16.6. The minimum Gasteiger partial charge on any atom is -0.493 e. The lowest BCUT2D eigenvalue weighted by Crippen LogP contribution is -2.38. The van der Waals surface area contributed by atoms with Gasteiger partial charge in [-0.1, -0.05) is 12.1 Å². The smallest absolute Gasteiger partial charge is 0.191 e. The number of hydrogen-bond acceptors (Lipinski definition) is 4. The second-order valence-corrected chi connectivity index (χ2v) is 6.65. The Morgan fingerprint density at radius 3 is 2.68 bits per heavy atom. The molecule has 0 unspecified atom stereocenters. The number of nitrogens with one attached hydrogen (secondary N) is 2. The molecule has 1 aromatic carbocycles. The molecule has 28 heavy (non-hydrogen) atoms. The first-order valence-corrected chi connectivity index (χ1v) is 9.59. The Morgan fingerprint density at radius 1 is 1.18 bits per heavy atom. The molecule has 0 bridgehead atoms. The van der Waals surface area contributed by atoms with Crippen molar-refractivity contribution in [2.24, 2.45) is 4.99 Å². The summed E-state index contributed by atoms with van der Waals surface area (Å²) in [5.74, 6) is 3.32. The van der Waals surface area contributed by atoms with Crippen LogP contribution in [0.5, 0.6) is 11.5 Å². The minimum absolute atomic E-state index is 0. The predicted molar refractivity (Wildman–Crippen MR) is 122 cm³/mol. The van der Waals surface area contributed by atoms with Crippen molar-refractivity contribution < 1.29 is 13.9 Å². The van der Waals surface area contributed by atoms with Crippen LogP contribution in [0.3, 0.4) is 0 Å². The first-order chi connectivity index (χ1) is 13.3. The van der Waals surface area contributed by atoms with Gasteiger partial charge in [0.25, 0.3) is 0 Å². The normalized spacial score (nSPS) is 14.4. The van der Waals surface area contributed by atoms with Crippen LogP contribution in [0.4, 0.5) is 0 Å². The van der Waals surface area contributed by atoms with E-state index < -0.39 is 0 Å². The van der Waals surface area contributed by atoms with E-state index in [1.165, 1.54) is 12.8 Å². The largest absolute Gasteiger partial charge is 0.493 e. The molecule has 1 aliphatic rings. The fourth-order valence-electron chi connectivity index (χ4n) is 3.33. The number of para-hydroxylation sites is 1. The monoisotopic (exact) mass is 499 g/mol. The second-order valence-electron chi connectivity index (χ2n) is 6.65. The van der Waals surface area contributed by atoms with E-state index in [0.717, 1.165) is 54.6 Å². The van der Waals surface area contributed by atoms with Gasteiger partial charge in [0.05, 0.1) is 19.5 Å². The highest BCUT2D eigenvalue weighted by Crippen LogP contribution is 2.34. The van der Waals surface area contributed by atoms with E-state index in [1.807, 2.05) is 24.3 Å². The van der Waals surface area contributed by atoms with Crippen molar-refractivity contribution in [2.45, 2.75) is 44.8 Å². The Balaban J connectivity index is 0.00000280. The Labute approximate surface area is 184 Å². The van der Waals surface area contributed by atoms with Gasteiger partial charge >= 0.3 is 0 Å². The maximum absolute atomic E-state index is 6.29. The molecule has 7 heteroatoms. The van der Waals surface area contributed by atoms with Crippen LogP contribution in [0.15, 0.2) is 46.0 Å². The molecule has 2 N–H and O–H groups in total. The van der Waals surface area contributed by atoms with E-state index in [9.17, 15) is 0 Å². The summed E-state index contributed by atoms with van der Waals surface area (Å²) in [5, 5.41) is 6.66. The maximum atomic E-state index is 6.29. The average Bonchev–Trinajstić information content (AvgIpc) is 3.39. The zero-order chi connectivity index (χ0) is 18.9. The molecule has 0 amide bonds. The first kappa shape index (κ1) is 22.4. The van der Waals surface area contributed by atoms with Crippen LogP contribution < -0.4 is 20.1 Å². The zero-order valence-corrected chi connectivity index (χ0v) is 18.9. The molecule has 0 saturated heterocycles. The number of aliphatic imine (C=N–C) groups is 1. The van der Waals surface area contributed by atoms with Gasteiger partial charge in [0.15, 0.2) is 17.5 Å². The number of methoxy groups -OCH3 is 1. The Hall–Kier alpha value is -1.90. The topological polar surface area (TPSA) is 68.0 Å². The van der Waals surface area contributed by atoms with Crippen molar-refractivity contribution in [3.8, 4) is 11.5 Å². The van der Waals surface area contributed by atoms with Gasteiger partial charge in [-0.2, -0.15) is 0 Å². The predicted octanol–water partition coefficient (Wildman–Crippen LogP) is 4.14. The van der Waals surface area contributed by atoms with E-state index in [4.69, 9.17) is 13.9 Å². The van der Waals surface area contributed by atoms with Gasteiger partial charge in [0.2, 0.25) is 0 Å². The number of benzene rings is 1. The lowest BCUT2D eigenvalue weighted by molar-refractivity contribution is 0.198. The van der Waals surface area contributed by atoms with Crippen LogP contribution >= 0.6 is 24.0 Å². The molecule has 0 spiro atoms. The van der Waals surface area contributed by atoms with Gasteiger partial charge in [0.1, 0.15) is 5.76 Å². The molecule has 6 nitrogen and oxygen atoms in total. The molecule has 1 aliphatic carbocycles. The molecule has 1 aromatic heterocycles. The summed E-state index contributed by atoms with van der Waals surface area (Å²) in [6.07, 6.45) is 7.48. The Morgan fingerprint density at radius 2 is 2.00 bits per heavy atom. The summed E-state index contributed by atoms with van der Waals surface area (Å²) in [6, 6.07) is 9.88. The summed E-state index contributed by atoms with van der Waals surface area (Å²) in [5.41, 5.74) is 1.07. The fourth-order valence-corrected chi connectivity index (χ4v) is 3.33. The molecule has 1 heterocycles. The molecule has 2 aromatic rings. The molecular formula is C21H30IN3O3. The number of nitrogens with zero attached hydrogens (tertiary/aromatic N) is 1. The SMILES string of the molecule is CN=C(NCCc1ccco1)NCc1cccc(OC)c1OC1CCCC1.I. The highest BCUT2D eigenvalue weighted by molar-refractivity contribution is 14.0. The van der Waals surface area contributed by atoms with Crippen LogP contribution in [-0.2, 0) is 13.0 Å². The minimum atomic E-state index is 0. The highest BCUT2D eigenvalue weighted by atomic mass is 127. The van der Waals surface area contributed by atoms with Crippen molar-refractivity contribution in [2.75, 3.05) is 20.7 Å². The van der Waals surface area contributed by atoms with Crippen molar-refractivity contribution in [3.05, 3.63) is 47.9 Å². The van der Waals surface area contributed by atoms with Crippen LogP contribution in [-0.4, -0.2) is 32.8 Å². The van der Waals surface area contributed by atoms with Crippen molar-refractivity contribution in [3.63, 3.8) is 0 Å². The molecule has 0 radical (unpaired) electrons. The van der Waals surface area contributed by atoms with Crippen molar-refractivity contribution in [1.29, 1.82) is 0 Å². The van der Waals surface area contributed by atoms with E-state index in [2.05, 4.69) is 21.7 Å². The maximum Gasteiger partial charge on any atom is 0.191 e. The molecule has 0 atom stereocenters. The summed E-state index contributed by atoms with van der Waals surface area (Å²) < 4.78 is 17.2. The van der Waals surface area contributed by atoms with Gasteiger partial charge in [0, 0.05) is 32.1 Å². The summed E-state index contributed by atoms with van der Waals surface area (Å²) in [6.45, 7) is 1.36. The van der Waals surface area contributed by atoms with Crippen LogP contribution in [0.25, 0.3) is 0 Å². The number of halogens is 1. The molecule has 1 fully saturated rings. The van der Waals surface area contributed by atoms with Gasteiger partial charge in [-0.25, -0.2) is 0 Å². The van der Waals surface area contributed by atoms with Crippen molar-refractivity contribution >= 4 is 29.9 Å². The molecule has 154 valence electrons. The van der Waals surface area contributed by atoms with Crippen LogP contribution in [0.2, 0.25) is 0 Å². The molecular weight excluding hydrogens is 469 g/mol. The lowest BCUT2D eigenvalue weighted by atomic mass is 10.1. The van der Waals surface area contributed by atoms with E-state index in [-0.39, 0.29) is 30.1 Å². The van der Waals surface area contributed by atoms with E-state index >= 15 is 0 Å². The Kier molecular flexibility index (Phi) is 9.46. The number of furan rings is 1. The van der Waals surface area contributed by atoms with Gasteiger partial charge in [-0.05, 0) is 43.9 Å². The van der Waals surface area contributed by atoms with Crippen LogP contribution in [0, 0.1) is 0 Å².